The molecule has 1 aromatic rings. The van der Waals surface area contributed by atoms with Crippen molar-refractivity contribution >= 4 is 17.7 Å². The molecule has 1 aromatic carbocycles. The Kier molecular flexibility index (Phi) is 2.87. The second-order valence-electron chi connectivity index (χ2n) is 5.15. The van der Waals surface area contributed by atoms with Gasteiger partial charge in [0, 0.05) is 4.75 Å². The monoisotopic (exact) mass is 281 g/mol. The summed E-state index contributed by atoms with van der Waals surface area (Å²) >= 11 is 1.61. The molecule has 102 valence electrons. The lowest BCUT2D eigenvalue weighted by Crippen LogP contribution is -2.43. The van der Waals surface area contributed by atoms with Crippen molar-refractivity contribution < 1.29 is 19.4 Å². The van der Waals surface area contributed by atoms with Crippen molar-refractivity contribution in [2.24, 2.45) is 0 Å². The molecule has 1 saturated heterocycles. The minimum absolute atomic E-state index is 0.0504. The van der Waals surface area contributed by atoms with Crippen LogP contribution in [0.1, 0.15) is 24.8 Å². The average molecular weight is 281 g/mol. The van der Waals surface area contributed by atoms with Crippen molar-refractivity contribution in [3.63, 3.8) is 0 Å². The second-order valence-corrected chi connectivity index (χ2v) is 6.91. The minimum atomic E-state index is -0.819. The van der Waals surface area contributed by atoms with E-state index in [-0.39, 0.29) is 16.9 Å². The maximum atomic E-state index is 11.3. The highest BCUT2D eigenvalue weighted by Crippen LogP contribution is 2.47. The lowest BCUT2D eigenvalue weighted by molar-refractivity contribution is -0.139. The van der Waals surface area contributed by atoms with Gasteiger partial charge in [0.15, 0.2) is 11.5 Å². The molecule has 2 N–H and O–H groups in total. The summed E-state index contributed by atoms with van der Waals surface area (Å²) in [5.74, 6) is 0.637. The summed E-state index contributed by atoms with van der Waals surface area (Å²) < 4.78 is 10.3. The van der Waals surface area contributed by atoms with Crippen molar-refractivity contribution in [3.8, 4) is 11.5 Å². The molecule has 3 rings (SSSR count). The molecule has 19 heavy (non-hydrogen) atoms. The molecule has 5 nitrogen and oxygen atoms in total. The quantitative estimate of drug-likeness (QED) is 0.864. The third-order valence-corrected chi connectivity index (χ3v) is 4.87. The zero-order chi connectivity index (χ0) is 13.6. The molecule has 0 unspecified atom stereocenters. The highest BCUT2D eigenvalue weighted by molar-refractivity contribution is 8.01. The van der Waals surface area contributed by atoms with E-state index in [2.05, 4.69) is 5.32 Å². The summed E-state index contributed by atoms with van der Waals surface area (Å²) in [6, 6.07) is 5.15. The van der Waals surface area contributed by atoms with E-state index >= 15 is 0 Å². The summed E-state index contributed by atoms with van der Waals surface area (Å²) in [6.45, 7) is 4.13. The van der Waals surface area contributed by atoms with Gasteiger partial charge in [-0.2, -0.15) is 0 Å². The molecule has 2 atom stereocenters. The number of benzene rings is 1. The van der Waals surface area contributed by atoms with Crippen LogP contribution in [0, 0.1) is 0 Å². The van der Waals surface area contributed by atoms with Gasteiger partial charge in [-0.1, -0.05) is 6.07 Å². The number of hydrogen-bond acceptors (Lipinski definition) is 5. The van der Waals surface area contributed by atoms with Crippen LogP contribution < -0.4 is 14.8 Å². The molecule has 0 radical (unpaired) electrons. The van der Waals surface area contributed by atoms with E-state index in [0.29, 0.717) is 0 Å². The molecule has 6 heteroatoms. The van der Waals surface area contributed by atoms with Crippen LogP contribution in [-0.4, -0.2) is 28.7 Å². The molecule has 2 aliphatic rings. The van der Waals surface area contributed by atoms with Crippen LogP contribution in [0.4, 0.5) is 0 Å². The summed E-state index contributed by atoms with van der Waals surface area (Å²) in [5, 5.41) is 12.4. The van der Waals surface area contributed by atoms with E-state index in [1.807, 2.05) is 32.0 Å². The Hall–Kier alpha value is -1.40. The first-order valence-corrected chi connectivity index (χ1v) is 6.91. The van der Waals surface area contributed by atoms with Crippen molar-refractivity contribution in [2.45, 2.75) is 30.0 Å². The fourth-order valence-corrected chi connectivity index (χ4v) is 3.77. The van der Waals surface area contributed by atoms with Gasteiger partial charge < -0.3 is 14.6 Å². The molecule has 2 aliphatic heterocycles. The first-order valence-electron chi connectivity index (χ1n) is 6.03. The molecule has 0 aliphatic carbocycles. The topological polar surface area (TPSA) is 67.8 Å². The number of thioether (sulfide) groups is 1. The van der Waals surface area contributed by atoms with E-state index in [1.165, 1.54) is 0 Å². The fourth-order valence-electron chi connectivity index (χ4n) is 2.37. The molecule has 1 fully saturated rings. The van der Waals surface area contributed by atoms with Crippen LogP contribution >= 0.6 is 11.8 Å². The van der Waals surface area contributed by atoms with Gasteiger partial charge in [0.2, 0.25) is 6.79 Å². The Morgan fingerprint density at radius 1 is 1.42 bits per heavy atom. The normalized spacial score (nSPS) is 27.5. The van der Waals surface area contributed by atoms with Crippen LogP contribution in [-0.2, 0) is 4.79 Å². The zero-order valence-corrected chi connectivity index (χ0v) is 11.5. The Labute approximate surface area is 115 Å². The number of carboxylic acids is 1. The highest BCUT2D eigenvalue weighted by Gasteiger charge is 2.45. The van der Waals surface area contributed by atoms with Gasteiger partial charge in [-0.05, 0) is 31.5 Å². The van der Waals surface area contributed by atoms with Crippen molar-refractivity contribution in [1.29, 1.82) is 0 Å². The number of carbonyl (C=O) groups is 1. The highest BCUT2D eigenvalue weighted by atomic mass is 32.2. The van der Waals surface area contributed by atoms with Crippen molar-refractivity contribution in [3.05, 3.63) is 23.8 Å². The number of hydrogen-bond donors (Lipinski definition) is 2. The fraction of sp³-hybridized carbons (Fsp3) is 0.462. The SMILES string of the molecule is CC1(C)S[C@@H](c2ccc3c(c2)OCO3)N[C@H]1C(=O)O. The van der Waals surface area contributed by atoms with Gasteiger partial charge in [-0.15, -0.1) is 11.8 Å². The minimum Gasteiger partial charge on any atom is -0.480 e. The summed E-state index contributed by atoms with van der Waals surface area (Å²) in [5.41, 5.74) is 1.01. The Morgan fingerprint density at radius 3 is 2.84 bits per heavy atom. The number of rotatable bonds is 2. The summed E-state index contributed by atoms with van der Waals surface area (Å²) in [4.78, 5) is 11.3. The number of fused-ring (bicyclic) bond motifs is 1. The zero-order valence-electron chi connectivity index (χ0n) is 10.7. The predicted octanol–water partition coefficient (Wildman–Crippen LogP) is 1.98. The van der Waals surface area contributed by atoms with Gasteiger partial charge in [-0.25, -0.2) is 0 Å². The molecule has 0 spiro atoms. The van der Waals surface area contributed by atoms with Crippen LogP contribution in [0.3, 0.4) is 0 Å². The maximum Gasteiger partial charge on any atom is 0.322 e. The van der Waals surface area contributed by atoms with Crippen LogP contribution in [0.15, 0.2) is 18.2 Å². The lowest BCUT2D eigenvalue weighted by Gasteiger charge is -2.20. The number of carboxylic acid groups (broad SMARTS) is 1. The van der Waals surface area contributed by atoms with E-state index < -0.39 is 12.0 Å². The van der Waals surface area contributed by atoms with Gasteiger partial charge in [0.05, 0.1) is 5.37 Å². The first-order chi connectivity index (χ1) is 8.97. The number of aliphatic carboxylic acids is 1. The largest absolute Gasteiger partial charge is 0.480 e. The smallest absolute Gasteiger partial charge is 0.322 e. The third-order valence-electron chi connectivity index (χ3n) is 3.38. The molecule has 0 aromatic heterocycles. The molecule has 2 heterocycles. The van der Waals surface area contributed by atoms with Gasteiger partial charge >= 0.3 is 5.97 Å². The third kappa shape index (κ3) is 2.15. The van der Waals surface area contributed by atoms with E-state index in [1.54, 1.807) is 11.8 Å². The van der Waals surface area contributed by atoms with Gasteiger partial charge in [-0.3, -0.25) is 10.1 Å². The Balaban J connectivity index is 1.86. The first kappa shape index (κ1) is 12.6. The molecule has 0 amide bonds. The van der Waals surface area contributed by atoms with E-state index in [4.69, 9.17) is 9.47 Å². The summed E-state index contributed by atoms with van der Waals surface area (Å²) in [6.07, 6.45) is 0. The van der Waals surface area contributed by atoms with Crippen LogP contribution in [0.2, 0.25) is 0 Å². The maximum absolute atomic E-state index is 11.3. The second kappa shape index (κ2) is 4.31. The van der Waals surface area contributed by atoms with Crippen molar-refractivity contribution in [2.75, 3.05) is 6.79 Å². The average Bonchev–Trinajstić information content (AvgIpc) is 2.91. The molecule has 0 bridgehead atoms. The van der Waals surface area contributed by atoms with Crippen LogP contribution in [0.5, 0.6) is 11.5 Å². The van der Waals surface area contributed by atoms with E-state index in [9.17, 15) is 9.90 Å². The lowest BCUT2D eigenvalue weighted by atomic mass is 10.0. The molecular formula is C13H15NO4S. The van der Waals surface area contributed by atoms with Crippen LogP contribution in [0.25, 0.3) is 0 Å². The van der Waals surface area contributed by atoms with Gasteiger partial charge in [0.1, 0.15) is 6.04 Å². The Bertz CT molecular complexity index is 531. The Morgan fingerprint density at radius 2 is 2.16 bits per heavy atom. The predicted molar refractivity (Wildman–Crippen MR) is 71.5 cm³/mol. The summed E-state index contributed by atoms with van der Waals surface area (Å²) in [7, 11) is 0. The number of ether oxygens (including phenoxy) is 2. The molecular weight excluding hydrogens is 266 g/mol. The van der Waals surface area contributed by atoms with E-state index in [0.717, 1.165) is 17.1 Å². The standard InChI is InChI=1S/C13H15NO4S/c1-13(2)10(12(15)16)14-11(19-13)7-3-4-8-9(5-7)18-6-17-8/h3-5,10-11,14H,6H2,1-2H3,(H,15,16)/t10-,11-/m0/s1. The molecule has 0 saturated carbocycles. The van der Waals surface area contributed by atoms with Crippen molar-refractivity contribution in [1.82, 2.24) is 5.32 Å². The van der Waals surface area contributed by atoms with Gasteiger partial charge in [0.25, 0.3) is 0 Å². The number of nitrogens with one attached hydrogen (secondary N) is 1.